The molecule has 5 heteroatoms. The van der Waals surface area contributed by atoms with E-state index < -0.39 is 23.1 Å². The lowest BCUT2D eigenvalue weighted by atomic mass is 9.75. The van der Waals surface area contributed by atoms with E-state index in [2.05, 4.69) is 20.8 Å². The molecule has 2 rings (SSSR count). The van der Waals surface area contributed by atoms with Crippen LogP contribution in [0.25, 0.3) is 0 Å². The number of hydrogen-bond acceptors (Lipinski definition) is 5. The van der Waals surface area contributed by atoms with E-state index in [1.165, 1.54) is 13.5 Å². The first-order chi connectivity index (χ1) is 11.1. The van der Waals surface area contributed by atoms with Gasteiger partial charge in [0.25, 0.3) is 0 Å². The summed E-state index contributed by atoms with van der Waals surface area (Å²) in [5, 5.41) is 0. The number of methoxy groups -OCH3 is 1. The molecule has 0 aromatic rings. The van der Waals surface area contributed by atoms with Crippen LogP contribution in [0.15, 0.2) is 0 Å². The quantitative estimate of drug-likeness (QED) is 0.717. The molecule has 2 aliphatic rings. The van der Waals surface area contributed by atoms with Gasteiger partial charge in [-0.15, -0.1) is 0 Å². The second-order valence-electron chi connectivity index (χ2n) is 8.56. The van der Waals surface area contributed by atoms with Gasteiger partial charge in [0.2, 0.25) is 0 Å². The van der Waals surface area contributed by atoms with Crippen LogP contribution in [0.2, 0.25) is 0 Å². The van der Waals surface area contributed by atoms with Crippen molar-refractivity contribution in [3.8, 4) is 0 Å². The third kappa shape index (κ3) is 4.11. The molecule has 1 saturated heterocycles. The van der Waals surface area contributed by atoms with E-state index in [0.717, 1.165) is 12.8 Å². The molecule has 24 heavy (non-hydrogen) atoms. The van der Waals surface area contributed by atoms with Crippen LogP contribution < -0.4 is 0 Å². The summed E-state index contributed by atoms with van der Waals surface area (Å²) in [5.41, 5.74) is -1.59. The summed E-state index contributed by atoms with van der Waals surface area (Å²) in [4.78, 5) is 24.6. The largest absolute Gasteiger partial charge is 0.469 e. The molecular weight excluding hydrogens is 308 g/mol. The van der Waals surface area contributed by atoms with E-state index in [-0.39, 0.29) is 12.5 Å². The smallest absolute Gasteiger partial charge is 0.339 e. The minimum absolute atomic E-state index is 0.0830. The highest BCUT2D eigenvalue weighted by Crippen LogP contribution is 2.46. The Morgan fingerprint density at radius 1 is 1.25 bits per heavy atom. The van der Waals surface area contributed by atoms with E-state index in [4.69, 9.17) is 14.2 Å². The molecule has 1 saturated carbocycles. The van der Waals surface area contributed by atoms with Gasteiger partial charge in [0, 0.05) is 6.42 Å². The predicted molar refractivity (Wildman–Crippen MR) is 90.4 cm³/mol. The van der Waals surface area contributed by atoms with Crippen molar-refractivity contribution in [1.29, 1.82) is 0 Å². The van der Waals surface area contributed by atoms with Gasteiger partial charge in [0.05, 0.1) is 19.1 Å². The molecule has 0 N–H and O–H groups in total. The third-order valence-electron chi connectivity index (χ3n) is 5.43. The number of ether oxygens (including phenoxy) is 3. The lowest BCUT2D eigenvalue weighted by molar-refractivity contribution is -0.267. The van der Waals surface area contributed by atoms with E-state index in [9.17, 15) is 9.59 Å². The summed E-state index contributed by atoms with van der Waals surface area (Å²) in [6.07, 6.45) is 3.43. The first-order valence-electron chi connectivity index (χ1n) is 9.06. The summed E-state index contributed by atoms with van der Waals surface area (Å²) < 4.78 is 16.5. The highest BCUT2D eigenvalue weighted by atomic mass is 16.6. The van der Waals surface area contributed by atoms with Crippen molar-refractivity contribution in [2.24, 2.45) is 17.8 Å². The van der Waals surface area contributed by atoms with Crippen molar-refractivity contribution in [3.05, 3.63) is 0 Å². The van der Waals surface area contributed by atoms with Crippen LogP contribution >= 0.6 is 0 Å². The first-order valence-corrected chi connectivity index (χ1v) is 9.06. The van der Waals surface area contributed by atoms with Gasteiger partial charge in [-0.25, -0.2) is 4.79 Å². The molecule has 0 aromatic heterocycles. The summed E-state index contributed by atoms with van der Waals surface area (Å²) in [6, 6.07) is 0. The van der Waals surface area contributed by atoms with Crippen molar-refractivity contribution < 1.29 is 23.8 Å². The molecule has 1 heterocycles. The molecule has 4 atom stereocenters. The molecule has 0 amide bonds. The Balaban J connectivity index is 2.10. The molecule has 1 aliphatic carbocycles. The van der Waals surface area contributed by atoms with Gasteiger partial charge in [-0.3, -0.25) is 4.79 Å². The van der Waals surface area contributed by atoms with Crippen LogP contribution in [0.3, 0.4) is 0 Å². The van der Waals surface area contributed by atoms with Crippen molar-refractivity contribution >= 4 is 11.9 Å². The van der Waals surface area contributed by atoms with Gasteiger partial charge < -0.3 is 14.2 Å². The molecular formula is C19H32O5. The zero-order valence-corrected chi connectivity index (χ0v) is 15.9. The normalized spacial score (nSPS) is 35.2. The van der Waals surface area contributed by atoms with Gasteiger partial charge in [-0.1, -0.05) is 27.2 Å². The minimum atomic E-state index is -1.18. The van der Waals surface area contributed by atoms with Gasteiger partial charge in [0.1, 0.15) is 6.10 Å². The number of carbonyl (C=O) groups is 2. The fraction of sp³-hybridized carbons (Fsp3) is 0.895. The lowest BCUT2D eigenvalue weighted by Crippen LogP contribution is -2.63. The highest BCUT2D eigenvalue weighted by molar-refractivity contribution is 5.87. The molecule has 5 nitrogen and oxygen atoms in total. The summed E-state index contributed by atoms with van der Waals surface area (Å²) in [7, 11) is 1.32. The molecule has 1 aliphatic heterocycles. The Labute approximate surface area is 145 Å². The Bertz CT molecular complexity index is 474. The molecule has 3 unspecified atom stereocenters. The number of carbonyl (C=O) groups excluding carboxylic acids is 2. The van der Waals surface area contributed by atoms with E-state index in [1.54, 1.807) is 0 Å². The maximum absolute atomic E-state index is 12.9. The van der Waals surface area contributed by atoms with Crippen molar-refractivity contribution in [1.82, 2.24) is 0 Å². The second kappa shape index (κ2) is 7.03. The second-order valence-corrected chi connectivity index (χ2v) is 8.56. The Morgan fingerprint density at radius 3 is 2.38 bits per heavy atom. The standard InChI is InChI=1S/C19H32O5/c1-12(2)14-8-7-13(3)9-15(14)23-17(21)19(10-16(20)22-6)11-18(4,5)24-19/h12-15H,7-11H2,1-6H3/t13?,14-,15?,19?/m1/s1. The molecule has 138 valence electrons. The molecule has 0 aromatic carbocycles. The van der Waals surface area contributed by atoms with Crippen molar-refractivity contribution in [3.63, 3.8) is 0 Å². The average Bonchev–Trinajstić information content (AvgIpc) is 2.44. The molecule has 0 bridgehead atoms. The van der Waals surface area contributed by atoms with Crippen LogP contribution in [0.4, 0.5) is 0 Å². The summed E-state index contributed by atoms with van der Waals surface area (Å²) in [6.45, 7) is 10.4. The average molecular weight is 340 g/mol. The van der Waals surface area contributed by atoms with Gasteiger partial charge in [0.15, 0.2) is 5.60 Å². The van der Waals surface area contributed by atoms with Crippen LogP contribution in [0.1, 0.15) is 66.7 Å². The lowest BCUT2D eigenvalue weighted by Gasteiger charge is -2.51. The zero-order valence-electron chi connectivity index (χ0n) is 15.9. The Hall–Kier alpha value is -1.10. The maximum atomic E-state index is 12.9. The van der Waals surface area contributed by atoms with Crippen LogP contribution in [0, 0.1) is 17.8 Å². The monoisotopic (exact) mass is 340 g/mol. The first kappa shape index (κ1) is 19.2. The Morgan fingerprint density at radius 2 is 1.88 bits per heavy atom. The minimum Gasteiger partial charge on any atom is -0.469 e. The summed E-state index contributed by atoms with van der Waals surface area (Å²) >= 11 is 0. The van der Waals surface area contributed by atoms with Crippen LogP contribution in [-0.4, -0.2) is 36.4 Å². The zero-order chi connectivity index (χ0) is 18.1. The Kier molecular flexibility index (Phi) is 5.63. The number of hydrogen-bond donors (Lipinski definition) is 0. The fourth-order valence-corrected chi connectivity index (χ4v) is 4.29. The van der Waals surface area contributed by atoms with Crippen molar-refractivity contribution in [2.75, 3.05) is 7.11 Å². The van der Waals surface area contributed by atoms with Gasteiger partial charge in [-0.2, -0.15) is 0 Å². The van der Waals surface area contributed by atoms with Crippen LogP contribution in [-0.2, 0) is 23.8 Å². The fourth-order valence-electron chi connectivity index (χ4n) is 4.29. The molecule has 2 fully saturated rings. The predicted octanol–water partition coefficient (Wildman–Crippen LogP) is 3.49. The highest BCUT2D eigenvalue weighted by Gasteiger charge is 2.59. The molecule has 0 spiro atoms. The SMILES string of the molecule is COC(=O)CC1(C(=O)OC2CC(C)CC[C@@H]2C(C)C)CC(C)(C)O1. The topological polar surface area (TPSA) is 61.8 Å². The number of rotatable bonds is 5. The number of esters is 2. The van der Waals surface area contributed by atoms with E-state index in [0.29, 0.717) is 24.2 Å². The van der Waals surface area contributed by atoms with Crippen molar-refractivity contribution in [2.45, 2.75) is 84.0 Å². The van der Waals surface area contributed by atoms with E-state index >= 15 is 0 Å². The van der Waals surface area contributed by atoms with Gasteiger partial charge >= 0.3 is 11.9 Å². The van der Waals surface area contributed by atoms with Crippen LogP contribution in [0.5, 0.6) is 0 Å². The summed E-state index contributed by atoms with van der Waals surface area (Å²) in [5.74, 6) is 0.531. The maximum Gasteiger partial charge on any atom is 0.339 e. The van der Waals surface area contributed by atoms with E-state index in [1.807, 2.05) is 13.8 Å². The van der Waals surface area contributed by atoms with Gasteiger partial charge in [-0.05, 0) is 44.4 Å². The third-order valence-corrected chi connectivity index (χ3v) is 5.43. The molecule has 0 radical (unpaired) electrons.